The number of hydrogen-bond donors (Lipinski definition) is 2. The SMILES string of the molecule is Cc1nn(C2CC3CCC(C2)N3C)cc1Nc1ncc(C#N)c(NCCCN2CCN(C)CCC2=O)n1. The van der Waals surface area contributed by atoms with E-state index in [1.54, 1.807) is 6.20 Å². The van der Waals surface area contributed by atoms with Gasteiger partial charge in [0, 0.05) is 57.4 Å². The predicted octanol–water partition coefficient (Wildman–Crippen LogP) is 2.36. The molecule has 198 valence electrons. The highest BCUT2D eigenvalue weighted by Gasteiger charge is 2.39. The van der Waals surface area contributed by atoms with Gasteiger partial charge in [-0.1, -0.05) is 0 Å². The van der Waals surface area contributed by atoms with Crippen LogP contribution in [0.4, 0.5) is 17.5 Å². The van der Waals surface area contributed by atoms with Crippen LogP contribution in [-0.2, 0) is 4.79 Å². The molecule has 0 radical (unpaired) electrons. The van der Waals surface area contributed by atoms with E-state index >= 15 is 0 Å². The van der Waals surface area contributed by atoms with E-state index in [9.17, 15) is 10.1 Å². The molecule has 3 aliphatic heterocycles. The van der Waals surface area contributed by atoms with E-state index < -0.39 is 0 Å². The molecular formula is C26H38N10O. The van der Waals surface area contributed by atoms with Crippen molar-refractivity contribution in [3.05, 3.63) is 23.7 Å². The molecule has 11 nitrogen and oxygen atoms in total. The van der Waals surface area contributed by atoms with Gasteiger partial charge in [-0.15, -0.1) is 0 Å². The Labute approximate surface area is 218 Å². The normalized spacial score (nSPS) is 24.6. The summed E-state index contributed by atoms with van der Waals surface area (Å²) in [5.41, 5.74) is 2.18. The molecule has 0 saturated carbocycles. The molecule has 2 N–H and O–H groups in total. The Morgan fingerprint density at radius 2 is 1.92 bits per heavy atom. The number of nitrogens with one attached hydrogen (secondary N) is 2. The smallest absolute Gasteiger partial charge is 0.229 e. The van der Waals surface area contributed by atoms with Crippen molar-refractivity contribution in [1.82, 2.24) is 34.4 Å². The molecule has 0 aromatic carbocycles. The van der Waals surface area contributed by atoms with Crippen LogP contribution in [0.25, 0.3) is 0 Å². The minimum Gasteiger partial charge on any atom is -0.369 e. The summed E-state index contributed by atoms with van der Waals surface area (Å²) in [4.78, 5) is 27.9. The monoisotopic (exact) mass is 506 g/mol. The van der Waals surface area contributed by atoms with Gasteiger partial charge in [0.05, 0.1) is 23.6 Å². The number of amides is 1. The van der Waals surface area contributed by atoms with Crippen LogP contribution in [0.1, 0.15) is 55.8 Å². The van der Waals surface area contributed by atoms with Crippen LogP contribution in [0, 0.1) is 18.3 Å². The molecule has 5 heterocycles. The summed E-state index contributed by atoms with van der Waals surface area (Å²) in [6.45, 7) is 5.76. The first kappa shape index (κ1) is 25.4. The quantitative estimate of drug-likeness (QED) is 0.520. The summed E-state index contributed by atoms with van der Waals surface area (Å²) in [5, 5.41) is 20.9. The summed E-state index contributed by atoms with van der Waals surface area (Å²) in [5.74, 6) is 1.14. The number of nitrogens with zero attached hydrogens (tertiary/aromatic N) is 8. The van der Waals surface area contributed by atoms with Crippen molar-refractivity contribution in [2.45, 2.75) is 63.6 Å². The van der Waals surface area contributed by atoms with E-state index in [1.165, 1.54) is 12.8 Å². The highest BCUT2D eigenvalue weighted by atomic mass is 16.2. The first-order valence-electron chi connectivity index (χ1n) is 13.4. The first-order chi connectivity index (χ1) is 17.9. The van der Waals surface area contributed by atoms with Crippen molar-refractivity contribution < 1.29 is 4.79 Å². The molecule has 2 aromatic heterocycles. The number of piperidine rings is 1. The summed E-state index contributed by atoms with van der Waals surface area (Å²) >= 11 is 0. The summed E-state index contributed by atoms with van der Waals surface area (Å²) in [6, 6.07) is 3.89. The lowest BCUT2D eigenvalue weighted by atomic mass is 9.98. The molecule has 2 unspecified atom stereocenters. The standard InChI is InChI=1S/C26H38N10O/c1-18-23(17-36(32-18)22-13-20-5-6-21(14-22)34(20)3)30-26-29-16-19(15-27)25(31-26)28-8-4-9-35-12-11-33(2)10-7-24(35)37/h16-17,20-22H,4-14H2,1-3H3,(H2,28,29,30,31). The molecule has 0 aliphatic carbocycles. The van der Waals surface area contributed by atoms with Gasteiger partial charge in [-0.2, -0.15) is 15.3 Å². The van der Waals surface area contributed by atoms with Gasteiger partial charge in [0.2, 0.25) is 11.9 Å². The van der Waals surface area contributed by atoms with Crippen molar-refractivity contribution in [2.24, 2.45) is 0 Å². The minimum absolute atomic E-state index is 0.208. The third kappa shape index (κ3) is 5.70. The van der Waals surface area contributed by atoms with Gasteiger partial charge in [0.15, 0.2) is 0 Å². The van der Waals surface area contributed by atoms with Crippen LogP contribution in [0.5, 0.6) is 0 Å². The van der Waals surface area contributed by atoms with E-state index in [1.807, 2.05) is 18.9 Å². The van der Waals surface area contributed by atoms with E-state index in [2.05, 4.69) is 54.4 Å². The van der Waals surface area contributed by atoms with Crippen LogP contribution in [0.2, 0.25) is 0 Å². The zero-order chi connectivity index (χ0) is 25.9. The maximum atomic E-state index is 12.3. The number of carbonyl (C=O) groups excluding carboxylic acids is 1. The second kappa shape index (κ2) is 11.0. The number of nitriles is 1. The number of rotatable bonds is 8. The topological polar surface area (TPSA) is 118 Å². The lowest BCUT2D eigenvalue weighted by Crippen LogP contribution is -2.40. The minimum atomic E-state index is 0.208. The molecule has 2 bridgehead atoms. The Morgan fingerprint density at radius 3 is 2.68 bits per heavy atom. The fourth-order valence-electron chi connectivity index (χ4n) is 5.86. The van der Waals surface area contributed by atoms with Crippen LogP contribution in [0.3, 0.4) is 0 Å². The molecule has 2 atom stereocenters. The Morgan fingerprint density at radius 1 is 1.14 bits per heavy atom. The van der Waals surface area contributed by atoms with E-state index in [4.69, 9.17) is 5.10 Å². The summed E-state index contributed by atoms with van der Waals surface area (Å²) in [7, 11) is 4.30. The Hall–Kier alpha value is -3.23. The number of aryl methyl sites for hydroxylation is 1. The van der Waals surface area contributed by atoms with E-state index in [0.717, 1.165) is 50.3 Å². The largest absolute Gasteiger partial charge is 0.369 e. The first-order valence-corrected chi connectivity index (χ1v) is 13.4. The summed E-state index contributed by atoms with van der Waals surface area (Å²) in [6.07, 6.45) is 9.78. The second-order valence-corrected chi connectivity index (χ2v) is 10.7. The predicted molar refractivity (Wildman–Crippen MR) is 142 cm³/mol. The van der Waals surface area contributed by atoms with Gasteiger partial charge in [0.1, 0.15) is 17.5 Å². The molecule has 0 spiro atoms. The fourth-order valence-corrected chi connectivity index (χ4v) is 5.86. The highest BCUT2D eigenvalue weighted by Crippen LogP contribution is 2.40. The number of fused-ring (bicyclic) bond motifs is 2. The average molecular weight is 507 g/mol. The van der Waals surface area contributed by atoms with Crippen molar-refractivity contribution in [2.75, 3.05) is 57.5 Å². The number of likely N-dealkylation sites (N-methyl/N-ethyl adjacent to an activating group) is 1. The Kier molecular flexibility index (Phi) is 7.58. The lowest BCUT2D eigenvalue weighted by molar-refractivity contribution is -0.130. The lowest BCUT2D eigenvalue weighted by Gasteiger charge is -2.36. The van der Waals surface area contributed by atoms with E-state index in [0.29, 0.717) is 55.0 Å². The number of aromatic nitrogens is 4. The van der Waals surface area contributed by atoms with Crippen LogP contribution in [-0.4, -0.2) is 99.3 Å². The van der Waals surface area contributed by atoms with Gasteiger partial charge in [-0.05, 0) is 53.1 Å². The van der Waals surface area contributed by atoms with E-state index in [-0.39, 0.29) is 5.91 Å². The van der Waals surface area contributed by atoms with Gasteiger partial charge < -0.3 is 25.3 Å². The third-order valence-corrected chi connectivity index (χ3v) is 8.23. The maximum absolute atomic E-state index is 12.3. The zero-order valence-corrected chi connectivity index (χ0v) is 22.2. The average Bonchev–Trinajstić information content (AvgIpc) is 3.26. The zero-order valence-electron chi connectivity index (χ0n) is 22.2. The number of carbonyl (C=O) groups is 1. The highest BCUT2D eigenvalue weighted by molar-refractivity contribution is 5.76. The maximum Gasteiger partial charge on any atom is 0.229 e. The molecule has 3 saturated heterocycles. The van der Waals surface area contributed by atoms with Gasteiger partial charge >= 0.3 is 0 Å². The van der Waals surface area contributed by atoms with Crippen molar-refractivity contribution in [1.29, 1.82) is 5.26 Å². The molecule has 3 fully saturated rings. The van der Waals surface area contributed by atoms with Gasteiger partial charge in [0.25, 0.3) is 0 Å². The molecule has 5 rings (SSSR count). The molecule has 11 heteroatoms. The van der Waals surface area contributed by atoms with Gasteiger partial charge in [-0.3, -0.25) is 9.48 Å². The Bertz CT molecular complexity index is 1140. The van der Waals surface area contributed by atoms with Crippen LogP contribution >= 0.6 is 0 Å². The number of hydrogen-bond acceptors (Lipinski definition) is 9. The summed E-state index contributed by atoms with van der Waals surface area (Å²) < 4.78 is 2.11. The molecule has 3 aliphatic rings. The third-order valence-electron chi connectivity index (χ3n) is 8.23. The molecule has 2 aromatic rings. The number of anilines is 3. The van der Waals surface area contributed by atoms with Crippen molar-refractivity contribution in [3.8, 4) is 6.07 Å². The van der Waals surface area contributed by atoms with Crippen molar-refractivity contribution >= 4 is 23.4 Å². The molecular weight excluding hydrogens is 468 g/mol. The molecule has 1 amide bonds. The van der Waals surface area contributed by atoms with Crippen LogP contribution in [0.15, 0.2) is 12.4 Å². The fraction of sp³-hybridized carbons (Fsp3) is 0.654. The van der Waals surface area contributed by atoms with Crippen molar-refractivity contribution in [3.63, 3.8) is 0 Å². The van der Waals surface area contributed by atoms with Gasteiger partial charge in [-0.25, -0.2) is 4.98 Å². The Balaban J connectivity index is 1.19. The van der Waals surface area contributed by atoms with Crippen LogP contribution < -0.4 is 10.6 Å². The molecule has 37 heavy (non-hydrogen) atoms. The second-order valence-electron chi connectivity index (χ2n) is 10.7.